The van der Waals surface area contributed by atoms with Crippen LogP contribution in [0.15, 0.2) is 70.3 Å². The van der Waals surface area contributed by atoms with Gasteiger partial charge >= 0.3 is 5.97 Å². The van der Waals surface area contributed by atoms with Gasteiger partial charge < -0.3 is 10.1 Å². The average Bonchev–Trinajstić information content (AvgIpc) is 3.38. The van der Waals surface area contributed by atoms with E-state index in [-0.39, 0.29) is 23.7 Å². The molecule has 10 heteroatoms. The van der Waals surface area contributed by atoms with Gasteiger partial charge in [0.2, 0.25) is 0 Å². The highest BCUT2D eigenvalue weighted by molar-refractivity contribution is 7.91. The van der Waals surface area contributed by atoms with E-state index in [9.17, 15) is 18.0 Å². The number of amides is 1. The Kier molecular flexibility index (Phi) is 7.67. The summed E-state index contributed by atoms with van der Waals surface area (Å²) in [5.74, 6) is -1.09. The minimum Gasteiger partial charge on any atom is -0.456 e. The van der Waals surface area contributed by atoms with E-state index in [0.717, 1.165) is 28.0 Å². The van der Waals surface area contributed by atoms with Gasteiger partial charge in [-0.2, -0.15) is 4.31 Å². The Labute approximate surface area is 207 Å². The van der Waals surface area contributed by atoms with Crippen LogP contribution < -0.4 is 5.32 Å². The first kappa shape index (κ1) is 24.4. The number of rotatable bonds is 8. The third-order valence-electron chi connectivity index (χ3n) is 5.55. The number of fused-ring (bicyclic) bond motifs is 1. The molecule has 1 N–H and O–H groups in total. The Bertz CT molecular complexity index is 1260. The molecule has 0 spiro atoms. The molecule has 1 aliphatic rings. The van der Waals surface area contributed by atoms with Crippen LogP contribution in [0.5, 0.6) is 0 Å². The zero-order valence-corrected chi connectivity index (χ0v) is 20.5. The molecule has 2 aromatic carbocycles. The smallest absolute Gasteiger partial charge is 0.308 e. The van der Waals surface area contributed by atoms with E-state index in [1.165, 1.54) is 4.31 Å². The Morgan fingerprint density at radius 3 is 2.59 bits per heavy atom. The maximum atomic E-state index is 13.3. The normalized spacial score (nSPS) is 16.0. The number of carbonyl (C=O) groups is 2. The zero-order valence-electron chi connectivity index (χ0n) is 18.1. The third kappa shape index (κ3) is 5.67. The highest BCUT2D eigenvalue weighted by atomic mass is 35.5. The first-order valence-corrected chi connectivity index (χ1v) is 13.3. The summed E-state index contributed by atoms with van der Waals surface area (Å²) in [5.41, 5.74) is 2.63. The highest BCUT2D eigenvalue weighted by Gasteiger charge is 2.38. The van der Waals surface area contributed by atoms with Crippen LogP contribution >= 0.6 is 22.9 Å². The van der Waals surface area contributed by atoms with Crippen LogP contribution in [-0.2, 0) is 37.3 Å². The molecule has 0 fully saturated rings. The van der Waals surface area contributed by atoms with Crippen molar-refractivity contribution >= 4 is 44.8 Å². The van der Waals surface area contributed by atoms with E-state index in [1.807, 2.05) is 24.3 Å². The lowest BCUT2D eigenvalue weighted by Crippen LogP contribution is -2.41. The number of halogens is 1. The minimum absolute atomic E-state index is 0.188. The van der Waals surface area contributed by atoms with Crippen LogP contribution in [0.2, 0.25) is 5.02 Å². The summed E-state index contributed by atoms with van der Waals surface area (Å²) in [7, 11) is -3.77. The quantitative estimate of drug-likeness (QED) is 0.456. The van der Waals surface area contributed by atoms with Gasteiger partial charge in [-0.15, -0.1) is 11.3 Å². The fourth-order valence-electron chi connectivity index (χ4n) is 3.87. The highest BCUT2D eigenvalue weighted by Crippen LogP contribution is 2.37. The predicted molar refractivity (Wildman–Crippen MR) is 130 cm³/mol. The molecule has 1 unspecified atom stereocenters. The van der Waals surface area contributed by atoms with Crippen molar-refractivity contribution in [1.82, 2.24) is 9.62 Å². The second kappa shape index (κ2) is 10.7. The Hall–Kier alpha value is -2.72. The van der Waals surface area contributed by atoms with E-state index in [2.05, 4.69) is 5.32 Å². The molecule has 2 heterocycles. The number of carbonyl (C=O) groups excluding carboxylic acids is 2. The fourth-order valence-corrected chi connectivity index (χ4v) is 6.72. The van der Waals surface area contributed by atoms with E-state index in [0.29, 0.717) is 11.4 Å². The molecule has 1 atom stereocenters. The molecule has 0 radical (unpaired) electrons. The van der Waals surface area contributed by atoms with Gasteiger partial charge in [0.1, 0.15) is 4.21 Å². The second-order valence-corrected chi connectivity index (χ2v) is 11.3. The van der Waals surface area contributed by atoms with Crippen molar-refractivity contribution in [3.8, 4) is 0 Å². The van der Waals surface area contributed by atoms with Crippen molar-refractivity contribution in [2.24, 2.45) is 0 Å². The summed E-state index contributed by atoms with van der Waals surface area (Å²) in [5, 5.41) is 4.99. The SMILES string of the molecule is O=C(COC(=O)CC1c2ccccc2CCN1S(=O)(=O)c1cccs1)NCc1ccc(Cl)cc1. The molecule has 1 aromatic heterocycles. The Balaban J connectivity index is 1.41. The molecule has 0 saturated heterocycles. The van der Waals surface area contributed by atoms with Gasteiger partial charge in [-0.05, 0) is 46.7 Å². The molecule has 0 aliphatic carbocycles. The number of hydrogen-bond acceptors (Lipinski definition) is 6. The maximum Gasteiger partial charge on any atom is 0.308 e. The zero-order chi connectivity index (χ0) is 24.1. The number of nitrogens with one attached hydrogen (secondary N) is 1. The molecule has 1 amide bonds. The van der Waals surface area contributed by atoms with Gasteiger partial charge in [-0.3, -0.25) is 9.59 Å². The summed E-state index contributed by atoms with van der Waals surface area (Å²) in [6.45, 7) is 0.0889. The Morgan fingerprint density at radius 2 is 1.85 bits per heavy atom. The molecule has 1 aliphatic heterocycles. The standard InChI is InChI=1S/C24H23ClN2O5S2/c25-19-9-7-17(8-10-19)15-26-22(28)16-32-23(29)14-21-20-5-2-1-4-18(20)11-12-27(21)34(30,31)24-6-3-13-33-24/h1-10,13,21H,11-12,14-16H2,(H,26,28). The van der Waals surface area contributed by atoms with Crippen molar-refractivity contribution in [3.05, 3.63) is 87.8 Å². The number of sulfonamides is 1. The lowest BCUT2D eigenvalue weighted by Gasteiger charge is -2.35. The summed E-state index contributed by atoms with van der Waals surface area (Å²) in [6, 6.07) is 17.0. The summed E-state index contributed by atoms with van der Waals surface area (Å²) in [6.07, 6.45) is 0.367. The third-order valence-corrected chi connectivity index (χ3v) is 9.08. The van der Waals surface area contributed by atoms with E-state index >= 15 is 0 Å². The van der Waals surface area contributed by atoms with Gasteiger partial charge in [0.15, 0.2) is 6.61 Å². The average molecular weight is 519 g/mol. The summed E-state index contributed by atoms with van der Waals surface area (Å²) >= 11 is 6.99. The first-order chi connectivity index (χ1) is 16.3. The van der Waals surface area contributed by atoms with E-state index in [1.54, 1.807) is 41.8 Å². The van der Waals surface area contributed by atoms with Crippen LogP contribution in [0.25, 0.3) is 0 Å². The lowest BCUT2D eigenvalue weighted by molar-refractivity contribution is -0.149. The van der Waals surface area contributed by atoms with E-state index in [4.69, 9.17) is 16.3 Å². The number of ether oxygens (including phenoxy) is 1. The monoisotopic (exact) mass is 518 g/mol. The van der Waals surface area contributed by atoms with E-state index < -0.39 is 34.5 Å². The minimum atomic E-state index is -3.77. The largest absolute Gasteiger partial charge is 0.456 e. The van der Waals surface area contributed by atoms with Crippen LogP contribution in [-0.4, -0.2) is 37.8 Å². The van der Waals surface area contributed by atoms with Crippen LogP contribution in [0.4, 0.5) is 0 Å². The van der Waals surface area contributed by atoms with Gasteiger partial charge in [0.25, 0.3) is 15.9 Å². The van der Waals surface area contributed by atoms with Crippen molar-refractivity contribution < 1.29 is 22.7 Å². The molecule has 178 valence electrons. The molecule has 34 heavy (non-hydrogen) atoms. The van der Waals surface area contributed by atoms with Crippen LogP contribution in [0.1, 0.15) is 29.2 Å². The van der Waals surface area contributed by atoms with Crippen molar-refractivity contribution in [2.45, 2.75) is 29.6 Å². The summed E-state index contributed by atoms with van der Waals surface area (Å²) < 4.78 is 33.3. The number of thiophene rings is 1. The maximum absolute atomic E-state index is 13.3. The van der Waals surface area contributed by atoms with Crippen LogP contribution in [0.3, 0.4) is 0 Å². The molecule has 0 saturated carbocycles. The number of benzene rings is 2. The van der Waals surface area contributed by atoms with Crippen molar-refractivity contribution in [2.75, 3.05) is 13.2 Å². The molecule has 7 nitrogen and oxygen atoms in total. The van der Waals surface area contributed by atoms with Crippen molar-refractivity contribution in [1.29, 1.82) is 0 Å². The van der Waals surface area contributed by atoms with Crippen molar-refractivity contribution in [3.63, 3.8) is 0 Å². The number of esters is 1. The fraction of sp³-hybridized carbons (Fsp3) is 0.250. The first-order valence-electron chi connectivity index (χ1n) is 10.6. The van der Waals surface area contributed by atoms with Crippen LogP contribution in [0, 0.1) is 0 Å². The van der Waals surface area contributed by atoms with Gasteiger partial charge in [0, 0.05) is 18.1 Å². The topological polar surface area (TPSA) is 92.8 Å². The molecule has 0 bridgehead atoms. The van der Waals surface area contributed by atoms with Gasteiger partial charge in [-0.25, -0.2) is 8.42 Å². The van der Waals surface area contributed by atoms with Gasteiger partial charge in [-0.1, -0.05) is 54.1 Å². The molecular weight excluding hydrogens is 496 g/mol. The molecule has 3 aromatic rings. The molecule has 4 rings (SSSR count). The molecular formula is C24H23ClN2O5S2. The number of hydrogen-bond donors (Lipinski definition) is 1. The Morgan fingerprint density at radius 1 is 1.09 bits per heavy atom. The summed E-state index contributed by atoms with van der Waals surface area (Å²) in [4.78, 5) is 24.8. The van der Waals surface area contributed by atoms with Gasteiger partial charge in [0.05, 0.1) is 12.5 Å². The number of nitrogens with zero attached hydrogens (tertiary/aromatic N) is 1. The lowest BCUT2D eigenvalue weighted by atomic mass is 9.92. The second-order valence-electron chi connectivity index (χ2n) is 7.78. The predicted octanol–water partition coefficient (Wildman–Crippen LogP) is 3.94.